The molecular weight excluding hydrogens is 240 g/mol. The third-order valence-electron chi connectivity index (χ3n) is 3.63. The summed E-state index contributed by atoms with van der Waals surface area (Å²) in [6, 6.07) is 9.89. The van der Waals surface area contributed by atoms with Crippen molar-refractivity contribution in [3.05, 3.63) is 35.9 Å². The minimum Gasteiger partial charge on any atom is -0.390 e. The molecule has 1 fully saturated rings. The van der Waals surface area contributed by atoms with Gasteiger partial charge >= 0.3 is 0 Å². The quantitative estimate of drug-likeness (QED) is 0.856. The van der Waals surface area contributed by atoms with E-state index in [1.54, 1.807) is 0 Å². The summed E-state index contributed by atoms with van der Waals surface area (Å²) in [5.74, 6) is 0.0467. The number of aliphatic hydroxyl groups is 1. The maximum absolute atomic E-state index is 11.8. The van der Waals surface area contributed by atoms with Gasteiger partial charge in [-0.15, -0.1) is 0 Å². The van der Waals surface area contributed by atoms with Crippen LogP contribution in [0.4, 0.5) is 0 Å². The highest BCUT2D eigenvalue weighted by Gasteiger charge is 2.27. The lowest BCUT2D eigenvalue weighted by molar-refractivity contribution is -0.123. The number of nitrogens with one attached hydrogen (secondary N) is 1. The van der Waals surface area contributed by atoms with E-state index in [-0.39, 0.29) is 5.91 Å². The predicted octanol–water partition coefficient (Wildman–Crippen LogP) is 1.15. The second-order valence-electron chi connectivity index (χ2n) is 5.54. The van der Waals surface area contributed by atoms with Crippen LogP contribution in [0.1, 0.15) is 25.3 Å². The number of hydrogen-bond donors (Lipinski definition) is 2. The summed E-state index contributed by atoms with van der Waals surface area (Å²) in [4.78, 5) is 13.9. The fraction of sp³-hybridized carbons (Fsp3) is 0.533. The lowest BCUT2D eigenvalue weighted by atomic mass is 9.94. The van der Waals surface area contributed by atoms with E-state index in [4.69, 9.17) is 0 Å². The second-order valence-corrected chi connectivity index (χ2v) is 5.54. The van der Waals surface area contributed by atoms with Gasteiger partial charge in [0.15, 0.2) is 0 Å². The third-order valence-corrected chi connectivity index (χ3v) is 3.63. The van der Waals surface area contributed by atoms with E-state index in [1.165, 1.54) is 0 Å². The number of carbonyl (C=O) groups excluding carboxylic acids is 1. The first-order valence-electron chi connectivity index (χ1n) is 6.80. The Labute approximate surface area is 114 Å². The monoisotopic (exact) mass is 262 g/mol. The van der Waals surface area contributed by atoms with E-state index in [9.17, 15) is 9.90 Å². The molecule has 2 N–H and O–H groups in total. The zero-order valence-electron chi connectivity index (χ0n) is 11.4. The van der Waals surface area contributed by atoms with Gasteiger partial charge in [0.1, 0.15) is 0 Å². The Balaban J connectivity index is 1.70. The largest absolute Gasteiger partial charge is 0.390 e. The minimum absolute atomic E-state index is 0.0467. The summed E-state index contributed by atoms with van der Waals surface area (Å²) in [5, 5.41) is 12.8. The van der Waals surface area contributed by atoms with E-state index in [0.29, 0.717) is 13.1 Å². The molecule has 1 aliphatic heterocycles. The van der Waals surface area contributed by atoms with Crippen LogP contribution in [0.5, 0.6) is 0 Å². The first kappa shape index (κ1) is 14.0. The van der Waals surface area contributed by atoms with Gasteiger partial charge in [-0.25, -0.2) is 0 Å². The second kappa shape index (κ2) is 6.17. The van der Waals surface area contributed by atoms with Crippen LogP contribution in [-0.2, 0) is 11.3 Å². The standard InChI is InChI=1S/C15H22N2O2/c1-15(19)7-9-17(10-8-15)12-14(18)16-11-13-5-3-2-4-6-13/h2-6,19H,7-12H2,1H3,(H,16,18). The average Bonchev–Trinajstić information content (AvgIpc) is 2.40. The topological polar surface area (TPSA) is 52.6 Å². The molecule has 2 rings (SSSR count). The number of carbonyl (C=O) groups is 1. The number of likely N-dealkylation sites (tertiary alicyclic amines) is 1. The Bertz CT molecular complexity index is 407. The molecule has 4 heteroatoms. The molecule has 0 bridgehead atoms. The fourth-order valence-electron chi connectivity index (χ4n) is 2.25. The van der Waals surface area contributed by atoms with Gasteiger partial charge in [0.2, 0.25) is 5.91 Å². The molecule has 4 nitrogen and oxygen atoms in total. The molecule has 1 aromatic rings. The van der Waals surface area contributed by atoms with Gasteiger partial charge in [-0.05, 0) is 25.3 Å². The molecular formula is C15H22N2O2. The van der Waals surface area contributed by atoms with Gasteiger partial charge in [0.05, 0.1) is 12.1 Å². The number of piperidine rings is 1. The summed E-state index contributed by atoms with van der Waals surface area (Å²) in [6.07, 6.45) is 1.47. The molecule has 0 spiro atoms. The number of nitrogens with zero attached hydrogens (tertiary/aromatic N) is 1. The minimum atomic E-state index is -0.559. The predicted molar refractivity (Wildman–Crippen MR) is 74.6 cm³/mol. The Hall–Kier alpha value is -1.39. The van der Waals surface area contributed by atoms with Crippen LogP contribution in [0, 0.1) is 0 Å². The van der Waals surface area contributed by atoms with Gasteiger partial charge < -0.3 is 10.4 Å². The molecule has 1 amide bonds. The number of rotatable bonds is 4. The molecule has 1 saturated heterocycles. The van der Waals surface area contributed by atoms with Gasteiger partial charge in [-0.2, -0.15) is 0 Å². The Morgan fingerprint density at radius 3 is 2.58 bits per heavy atom. The molecule has 0 aliphatic carbocycles. The number of amides is 1. The van der Waals surface area contributed by atoms with Crippen LogP contribution >= 0.6 is 0 Å². The Kier molecular flexibility index (Phi) is 4.56. The van der Waals surface area contributed by atoms with Gasteiger partial charge in [0.25, 0.3) is 0 Å². The third kappa shape index (κ3) is 4.65. The van der Waals surface area contributed by atoms with Crippen LogP contribution in [-0.4, -0.2) is 41.1 Å². The number of benzene rings is 1. The van der Waals surface area contributed by atoms with Crippen molar-refractivity contribution in [1.82, 2.24) is 10.2 Å². The Morgan fingerprint density at radius 1 is 1.32 bits per heavy atom. The molecule has 0 atom stereocenters. The molecule has 104 valence electrons. The molecule has 1 heterocycles. The zero-order valence-corrected chi connectivity index (χ0v) is 11.4. The van der Waals surface area contributed by atoms with Gasteiger partial charge in [-0.1, -0.05) is 30.3 Å². The first-order valence-corrected chi connectivity index (χ1v) is 6.80. The van der Waals surface area contributed by atoms with Crippen molar-refractivity contribution in [2.24, 2.45) is 0 Å². The number of hydrogen-bond acceptors (Lipinski definition) is 3. The fourth-order valence-corrected chi connectivity index (χ4v) is 2.25. The molecule has 0 aromatic heterocycles. The van der Waals surface area contributed by atoms with Crippen molar-refractivity contribution in [2.75, 3.05) is 19.6 Å². The van der Waals surface area contributed by atoms with Crippen LogP contribution in [0.15, 0.2) is 30.3 Å². The van der Waals surface area contributed by atoms with Crippen LogP contribution in [0.25, 0.3) is 0 Å². The van der Waals surface area contributed by atoms with Crippen molar-refractivity contribution in [3.63, 3.8) is 0 Å². The lowest BCUT2D eigenvalue weighted by Gasteiger charge is -2.35. The van der Waals surface area contributed by atoms with Crippen LogP contribution in [0.2, 0.25) is 0 Å². The van der Waals surface area contributed by atoms with E-state index in [1.807, 2.05) is 37.3 Å². The maximum atomic E-state index is 11.8. The van der Waals surface area contributed by atoms with Crippen molar-refractivity contribution in [1.29, 1.82) is 0 Å². The summed E-state index contributed by atoms with van der Waals surface area (Å²) in [6.45, 7) is 4.42. The van der Waals surface area contributed by atoms with Crippen LogP contribution in [0.3, 0.4) is 0 Å². The highest BCUT2D eigenvalue weighted by atomic mass is 16.3. The van der Waals surface area contributed by atoms with Crippen molar-refractivity contribution in [2.45, 2.75) is 31.9 Å². The first-order chi connectivity index (χ1) is 9.05. The Morgan fingerprint density at radius 2 is 1.95 bits per heavy atom. The highest BCUT2D eigenvalue weighted by Crippen LogP contribution is 2.20. The molecule has 0 radical (unpaired) electrons. The summed E-state index contributed by atoms with van der Waals surface area (Å²) < 4.78 is 0. The molecule has 0 saturated carbocycles. The summed E-state index contributed by atoms with van der Waals surface area (Å²) in [7, 11) is 0. The van der Waals surface area contributed by atoms with E-state index >= 15 is 0 Å². The summed E-state index contributed by atoms with van der Waals surface area (Å²) >= 11 is 0. The highest BCUT2D eigenvalue weighted by molar-refractivity contribution is 5.78. The van der Waals surface area contributed by atoms with E-state index < -0.39 is 5.60 Å². The average molecular weight is 262 g/mol. The SMILES string of the molecule is CC1(O)CCN(CC(=O)NCc2ccccc2)CC1. The molecule has 1 aliphatic rings. The lowest BCUT2D eigenvalue weighted by Crippen LogP contribution is -2.46. The molecule has 1 aromatic carbocycles. The maximum Gasteiger partial charge on any atom is 0.234 e. The van der Waals surface area contributed by atoms with Crippen LogP contribution < -0.4 is 5.32 Å². The van der Waals surface area contributed by atoms with Crippen molar-refractivity contribution >= 4 is 5.91 Å². The summed E-state index contributed by atoms with van der Waals surface area (Å²) in [5.41, 5.74) is 0.550. The van der Waals surface area contributed by atoms with Crippen molar-refractivity contribution in [3.8, 4) is 0 Å². The van der Waals surface area contributed by atoms with Gasteiger partial charge in [0, 0.05) is 19.6 Å². The van der Waals surface area contributed by atoms with E-state index in [0.717, 1.165) is 31.5 Å². The molecule has 19 heavy (non-hydrogen) atoms. The van der Waals surface area contributed by atoms with Crippen molar-refractivity contribution < 1.29 is 9.90 Å². The smallest absolute Gasteiger partial charge is 0.234 e. The molecule has 0 unspecified atom stereocenters. The van der Waals surface area contributed by atoms with E-state index in [2.05, 4.69) is 10.2 Å². The normalized spacial score (nSPS) is 19.1. The zero-order chi connectivity index (χ0) is 13.7. The van der Waals surface area contributed by atoms with Gasteiger partial charge in [-0.3, -0.25) is 9.69 Å².